The van der Waals surface area contributed by atoms with E-state index in [0.717, 1.165) is 16.5 Å². The average molecular weight is 990 g/mol. The molecule has 23 heteroatoms. The maximum atomic E-state index is 14.6. The SMILES string of the molecule is CN[C@H](CC(C)C)C(=O)N[C@@H]1Cc2ccc(cc2)Oc2cc(ccc2O)[C@H](C(=O)N[C@@H](CN)C(=O)N[C@@H](Cc2cnc[nH]2)C(=O)N2Cc3[nH]c4ccccc4c3C[C@H]2C(N)=O)NC(=O)[C@H](CC(N)=O)NC1=O. The Balaban J connectivity index is 1.17. The summed E-state index contributed by atoms with van der Waals surface area (Å²) >= 11 is 0. The number of hydrogen-bond donors (Lipinski definition) is 12. The molecule has 0 saturated carbocycles. The second-order valence-corrected chi connectivity index (χ2v) is 18.2. The quantitative estimate of drug-likeness (QED) is 0.0577. The van der Waals surface area contributed by atoms with Crippen molar-refractivity contribution in [1.29, 1.82) is 0 Å². The van der Waals surface area contributed by atoms with Gasteiger partial charge in [-0.3, -0.25) is 38.4 Å². The predicted molar refractivity (Wildman–Crippen MR) is 260 cm³/mol. The Bertz CT molecular complexity index is 2830. The van der Waals surface area contributed by atoms with Crippen molar-refractivity contribution in [3.63, 3.8) is 0 Å². The van der Waals surface area contributed by atoms with Crippen LogP contribution in [0.5, 0.6) is 17.2 Å². The van der Waals surface area contributed by atoms with Crippen LogP contribution in [0.1, 0.15) is 60.8 Å². The standard InChI is InChI=1S/C49H59N13O10/c1-24(2)14-32(53-3)44(66)57-33-15-25-8-11-28(12-9-25)72-40-16-26(10-13-39(40)63)42(61-46(68)34(19-41(51)64)58-45(33)67)48(70)60-36(20-50)47(69)59-35(17-27-21-54-23-55-27)49(71)62-22-37-30(18-38(62)43(52)65)29-6-4-5-7-31(29)56-37/h4-13,16,21,23-24,32-36,38,42,53,56,63H,14-15,17-20,22,50H2,1-3H3,(H2,51,64)(H2,52,65)(H,54,55)(H,57,66)(H,58,67)(H,59,69)(H,60,70)(H,61,68)/t32-,33-,34+,35+,36+,38+,42-/m1/s1. The Kier molecular flexibility index (Phi) is 16.2. The smallest absolute Gasteiger partial charge is 0.247 e. The minimum absolute atomic E-state index is 0.00247. The van der Waals surface area contributed by atoms with E-state index in [9.17, 15) is 43.5 Å². The lowest BCUT2D eigenvalue weighted by Crippen LogP contribution is -2.61. The number of nitrogens with two attached hydrogens (primary N) is 3. The number of nitrogens with one attached hydrogen (secondary N) is 8. The van der Waals surface area contributed by atoms with Gasteiger partial charge in [0.2, 0.25) is 47.3 Å². The van der Waals surface area contributed by atoms with Crippen LogP contribution >= 0.6 is 0 Å². The van der Waals surface area contributed by atoms with E-state index < -0.39 is 103 Å². The number of H-pyrrole nitrogens is 2. The van der Waals surface area contributed by atoms with Crippen molar-refractivity contribution in [1.82, 2.24) is 51.8 Å². The zero-order chi connectivity index (χ0) is 51.8. The van der Waals surface area contributed by atoms with Crippen LogP contribution in [0.15, 0.2) is 79.3 Å². The van der Waals surface area contributed by atoms with Crippen LogP contribution in [0.2, 0.25) is 0 Å². The highest BCUT2D eigenvalue weighted by Gasteiger charge is 2.40. The number of amides is 8. The van der Waals surface area contributed by atoms with Gasteiger partial charge in [-0.25, -0.2) is 4.98 Å². The van der Waals surface area contributed by atoms with Gasteiger partial charge in [-0.2, -0.15) is 0 Å². The van der Waals surface area contributed by atoms with E-state index in [1.54, 1.807) is 31.3 Å². The van der Waals surface area contributed by atoms with Gasteiger partial charge in [0, 0.05) is 54.3 Å². The van der Waals surface area contributed by atoms with Crippen LogP contribution in [0, 0.1) is 5.92 Å². The molecule has 2 aromatic heterocycles. The number of imidazole rings is 1. The molecule has 380 valence electrons. The number of para-hydroxylation sites is 1. The zero-order valence-electron chi connectivity index (χ0n) is 39.8. The average Bonchev–Trinajstić information content (AvgIpc) is 4.01. The zero-order valence-corrected chi connectivity index (χ0v) is 39.8. The molecule has 8 rings (SSSR count). The summed E-state index contributed by atoms with van der Waals surface area (Å²) in [5, 5.41) is 27.8. The number of aromatic amines is 2. The summed E-state index contributed by atoms with van der Waals surface area (Å²) in [5.41, 5.74) is 20.9. The number of hydrogen-bond acceptors (Lipinski definition) is 13. The third-order valence-electron chi connectivity index (χ3n) is 12.6. The molecule has 0 unspecified atom stereocenters. The topological polar surface area (TPSA) is 364 Å². The summed E-state index contributed by atoms with van der Waals surface area (Å²) in [6, 6.07) is 8.21. The van der Waals surface area contributed by atoms with Crippen molar-refractivity contribution < 1.29 is 48.2 Å². The van der Waals surface area contributed by atoms with Crippen LogP contribution < -0.4 is 53.8 Å². The van der Waals surface area contributed by atoms with Gasteiger partial charge in [0.1, 0.15) is 42.0 Å². The first kappa shape index (κ1) is 51.5. The number of rotatable bonds is 16. The number of aromatic hydroxyl groups is 1. The van der Waals surface area contributed by atoms with E-state index in [1.807, 2.05) is 38.1 Å². The number of likely N-dealkylation sites (N-methyl/N-ethyl adjacent to an activating group) is 1. The molecular weight excluding hydrogens is 931 g/mol. The first-order valence-corrected chi connectivity index (χ1v) is 23.4. The number of phenolic OH excluding ortho intramolecular Hbond substituents is 1. The summed E-state index contributed by atoms with van der Waals surface area (Å²) in [6.07, 6.45) is 2.42. The second kappa shape index (κ2) is 22.6. The third-order valence-corrected chi connectivity index (χ3v) is 12.6. The highest BCUT2D eigenvalue weighted by atomic mass is 16.5. The van der Waals surface area contributed by atoms with Crippen LogP contribution in [0.25, 0.3) is 10.9 Å². The fourth-order valence-corrected chi connectivity index (χ4v) is 8.85. The molecule has 8 amide bonds. The number of carbonyl (C=O) groups is 8. The Morgan fingerprint density at radius 1 is 0.903 bits per heavy atom. The second-order valence-electron chi connectivity index (χ2n) is 18.2. The van der Waals surface area contributed by atoms with E-state index >= 15 is 0 Å². The van der Waals surface area contributed by atoms with Crippen molar-refractivity contribution in [3.05, 3.63) is 107 Å². The normalized spacial score (nSPS) is 19.2. The number of ether oxygens (including phenoxy) is 1. The molecule has 3 aliphatic heterocycles. The minimum atomic E-state index is -1.75. The maximum Gasteiger partial charge on any atom is 0.247 e. The number of benzene rings is 3. The van der Waals surface area contributed by atoms with Gasteiger partial charge in [-0.05, 0) is 66.4 Å². The number of aromatic nitrogens is 3. The van der Waals surface area contributed by atoms with E-state index in [1.165, 1.54) is 35.6 Å². The van der Waals surface area contributed by atoms with E-state index in [4.69, 9.17) is 21.9 Å². The van der Waals surface area contributed by atoms with E-state index in [-0.39, 0.29) is 54.5 Å². The molecule has 3 aromatic carbocycles. The van der Waals surface area contributed by atoms with Gasteiger partial charge in [0.25, 0.3) is 0 Å². The molecule has 4 bridgehead atoms. The molecule has 15 N–H and O–H groups in total. The number of carbonyl (C=O) groups excluding carboxylic acids is 8. The molecule has 0 radical (unpaired) electrons. The number of primary amides is 2. The maximum absolute atomic E-state index is 14.6. The Morgan fingerprint density at radius 3 is 2.32 bits per heavy atom. The van der Waals surface area contributed by atoms with Gasteiger partial charge in [0.05, 0.1) is 25.3 Å². The molecule has 72 heavy (non-hydrogen) atoms. The Labute approximate surface area is 413 Å². The molecule has 23 nitrogen and oxygen atoms in total. The monoisotopic (exact) mass is 989 g/mol. The van der Waals surface area contributed by atoms with Crippen LogP contribution in [-0.4, -0.2) is 122 Å². The van der Waals surface area contributed by atoms with Crippen molar-refractivity contribution in [2.75, 3.05) is 13.6 Å². The summed E-state index contributed by atoms with van der Waals surface area (Å²) in [5.74, 6) is -6.98. The van der Waals surface area contributed by atoms with Crippen LogP contribution in [0.4, 0.5) is 0 Å². The summed E-state index contributed by atoms with van der Waals surface area (Å²) < 4.78 is 6.01. The summed E-state index contributed by atoms with van der Waals surface area (Å²) in [6.45, 7) is 3.29. The van der Waals surface area contributed by atoms with Crippen molar-refractivity contribution in [3.8, 4) is 17.2 Å². The fourth-order valence-electron chi connectivity index (χ4n) is 8.85. The first-order chi connectivity index (χ1) is 34.4. The number of fused-ring (bicyclic) bond motifs is 12. The van der Waals surface area contributed by atoms with Gasteiger partial charge in [-0.1, -0.05) is 50.2 Å². The molecule has 0 aliphatic carbocycles. The van der Waals surface area contributed by atoms with Crippen molar-refractivity contribution >= 4 is 58.2 Å². The molecule has 0 saturated heterocycles. The number of nitrogens with zero attached hydrogens (tertiary/aromatic N) is 2. The lowest BCUT2D eigenvalue weighted by atomic mass is 9.95. The lowest BCUT2D eigenvalue weighted by Gasteiger charge is -2.36. The molecular formula is C49H59N13O10. The van der Waals surface area contributed by atoms with Crippen molar-refractivity contribution in [2.45, 2.75) is 94.8 Å². The van der Waals surface area contributed by atoms with Gasteiger partial charge in [-0.15, -0.1) is 0 Å². The summed E-state index contributed by atoms with van der Waals surface area (Å²) in [4.78, 5) is 122. The van der Waals surface area contributed by atoms with Crippen LogP contribution in [0.3, 0.4) is 0 Å². The molecule has 5 heterocycles. The molecule has 5 aromatic rings. The van der Waals surface area contributed by atoms with Gasteiger partial charge >= 0.3 is 0 Å². The third kappa shape index (κ3) is 12.2. The molecule has 3 aliphatic rings. The van der Waals surface area contributed by atoms with Gasteiger partial charge in [0.15, 0.2) is 11.5 Å². The fraction of sp³-hybridized carbons (Fsp3) is 0.367. The van der Waals surface area contributed by atoms with E-state index in [2.05, 4.69) is 46.9 Å². The summed E-state index contributed by atoms with van der Waals surface area (Å²) in [7, 11) is 1.61. The Hall–Kier alpha value is -8.31. The predicted octanol–water partition coefficient (Wildman–Crippen LogP) is -0.809. The Morgan fingerprint density at radius 2 is 1.65 bits per heavy atom. The minimum Gasteiger partial charge on any atom is -0.504 e. The molecule has 0 spiro atoms. The highest BCUT2D eigenvalue weighted by Crippen LogP contribution is 2.34. The highest BCUT2D eigenvalue weighted by molar-refractivity contribution is 5.99. The van der Waals surface area contributed by atoms with Crippen molar-refractivity contribution in [2.24, 2.45) is 23.1 Å². The largest absolute Gasteiger partial charge is 0.504 e. The van der Waals surface area contributed by atoms with Gasteiger partial charge < -0.3 is 73.8 Å². The molecule has 7 atom stereocenters. The molecule has 0 fully saturated rings. The van der Waals surface area contributed by atoms with Crippen LogP contribution in [-0.2, 0) is 64.2 Å². The lowest BCUT2D eigenvalue weighted by molar-refractivity contribution is -0.144. The number of phenols is 1. The van der Waals surface area contributed by atoms with E-state index in [0.29, 0.717) is 23.4 Å². The first-order valence-electron chi connectivity index (χ1n) is 23.4.